The van der Waals surface area contributed by atoms with Crippen molar-refractivity contribution in [2.75, 3.05) is 37.7 Å². The Hall–Kier alpha value is -0.130. The fourth-order valence-corrected chi connectivity index (χ4v) is 3.52. The first-order valence-corrected chi connectivity index (χ1v) is 9.56. The zero-order chi connectivity index (χ0) is 14.1. The molecule has 0 saturated carbocycles. The number of nitrogens with zero attached hydrogens (tertiary/aromatic N) is 1. The van der Waals surface area contributed by atoms with Crippen LogP contribution in [0.3, 0.4) is 0 Å². The summed E-state index contributed by atoms with van der Waals surface area (Å²) in [7, 11) is -2.80. The molecule has 19 heavy (non-hydrogen) atoms. The summed E-state index contributed by atoms with van der Waals surface area (Å²) in [6.07, 6.45) is 5.76. The van der Waals surface area contributed by atoms with E-state index in [0.29, 0.717) is 11.8 Å². The highest BCUT2D eigenvalue weighted by Gasteiger charge is 2.21. The lowest BCUT2D eigenvalue weighted by Crippen LogP contribution is -2.46. The summed E-state index contributed by atoms with van der Waals surface area (Å²) in [4.78, 5) is 2.48. The van der Waals surface area contributed by atoms with Gasteiger partial charge in [-0.05, 0) is 45.3 Å². The van der Waals surface area contributed by atoms with Gasteiger partial charge in [-0.15, -0.1) is 0 Å². The molecular weight excluding hydrogens is 260 g/mol. The van der Waals surface area contributed by atoms with Crippen molar-refractivity contribution < 1.29 is 8.42 Å². The smallest absolute Gasteiger partial charge is 0.150 e. The van der Waals surface area contributed by atoms with Gasteiger partial charge >= 0.3 is 0 Å². The molecule has 4 nitrogen and oxygen atoms in total. The van der Waals surface area contributed by atoms with Gasteiger partial charge in [0.25, 0.3) is 0 Å². The van der Waals surface area contributed by atoms with Crippen LogP contribution >= 0.6 is 0 Å². The molecule has 1 heterocycles. The van der Waals surface area contributed by atoms with E-state index < -0.39 is 9.84 Å². The first-order chi connectivity index (χ1) is 9.09. The molecule has 1 unspecified atom stereocenters. The Labute approximate surface area is 118 Å². The summed E-state index contributed by atoms with van der Waals surface area (Å²) < 4.78 is 23.0. The zero-order valence-electron chi connectivity index (χ0n) is 12.5. The lowest BCUT2D eigenvalue weighted by atomic mass is 10.0. The number of nitrogens with one attached hydrogen (secondary N) is 1. The van der Waals surface area contributed by atoms with Crippen LogP contribution in [0.25, 0.3) is 0 Å². The maximum atomic E-state index is 11.5. The number of sulfone groups is 1. The van der Waals surface area contributed by atoms with Crippen LogP contribution in [0.1, 0.15) is 46.0 Å². The van der Waals surface area contributed by atoms with E-state index in [1.807, 2.05) is 0 Å². The van der Waals surface area contributed by atoms with Gasteiger partial charge in [0.15, 0.2) is 0 Å². The number of rotatable bonds is 9. The topological polar surface area (TPSA) is 49.4 Å². The second-order valence-corrected chi connectivity index (χ2v) is 7.95. The maximum absolute atomic E-state index is 11.5. The summed E-state index contributed by atoms with van der Waals surface area (Å²) in [5, 5.41) is 3.49. The van der Waals surface area contributed by atoms with Crippen LogP contribution in [0, 0.1) is 0 Å². The Bertz CT molecular complexity index is 330. The van der Waals surface area contributed by atoms with E-state index in [-0.39, 0.29) is 5.75 Å². The van der Waals surface area contributed by atoms with Crippen LogP contribution in [0.4, 0.5) is 0 Å². The average Bonchev–Trinajstić information content (AvgIpc) is 2.41. The lowest BCUT2D eigenvalue weighted by Gasteiger charge is -2.36. The highest BCUT2D eigenvalue weighted by molar-refractivity contribution is 7.91. The van der Waals surface area contributed by atoms with Gasteiger partial charge in [0.2, 0.25) is 0 Å². The molecule has 1 saturated heterocycles. The molecule has 0 aliphatic carbocycles. The van der Waals surface area contributed by atoms with Crippen molar-refractivity contribution in [2.24, 2.45) is 0 Å². The first-order valence-electron chi connectivity index (χ1n) is 7.74. The minimum Gasteiger partial charge on any atom is -0.315 e. The van der Waals surface area contributed by atoms with Gasteiger partial charge < -0.3 is 5.32 Å². The summed E-state index contributed by atoms with van der Waals surface area (Å²) in [6, 6.07) is 0.602. The second kappa shape index (κ2) is 8.93. The summed E-state index contributed by atoms with van der Waals surface area (Å²) in [5.74, 6) is 0.615. The molecule has 0 aromatic rings. The van der Waals surface area contributed by atoms with Crippen molar-refractivity contribution in [1.29, 1.82) is 0 Å². The van der Waals surface area contributed by atoms with Gasteiger partial charge in [0.05, 0.1) is 5.75 Å². The molecule has 1 N–H and O–H groups in total. The third-order valence-electron chi connectivity index (χ3n) is 3.90. The molecule has 0 aromatic carbocycles. The average molecular weight is 290 g/mol. The minimum atomic E-state index is -2.80. The Morgan fingerprint density at radius 3 is 2.74 bits per heavy atom. The molecule has 0 bridgehead atoms. The first kappa shape index (κ1) is 16.9. The van der Waals surface area contributed by atoms with Crippen LogP contribution in [-0.2, 0) is 9.84 Å². The standard InChI is InChI=1S/C14H30N2O2S/c1-3-9-15-13-14-8-5-6-10-16(14)11-7-12-19(17,18)4-2/h14-15H,3-13H2,1-2H3. The third kappa shape index (κ3) is 6.72. The molecule has 0 aromatic heterocycles. The van der Waals surface area contributed by atoms with Crippen molar-refractivity contribution in [3.05, 3.63) is 0 Å². The third-order valence-corrected chi connectivity index (χ3v) is 5.69. The predicted molar refractivity (Wildman–Crippen MR) is 81.3 cm³/mol. The van der Waals surface area contributed by atoms with E-state index in [1.54, 1.807) is 6.92 Å². The summed E-state index contributed by atoms with van der Waals surface area (Å²) in [6.45, 7) is 8.10. The summed E-state index contributed by atoms with van der Waals surface area (Å²) in [5.41, 5.74) is 0. The van der Waals surface area contributed by atoms with E-state index in [9.17, 15) is 8.42 Å². The SMILES string of the molecule is CCCNCC1CCCCN1CCCS(=O)(=O)CC. The second-order valence-electron chi connectivity index (χ2n) is 5.48. The van der Waals surface area contributed by atoms with E-state index in [4.69, 9.17) is 0 Å². The van der Waals surface area contributed by atoms with Crippen LogP contribution < -0.4 is 5.32 Å². The number of hydrogen-bond donors (Lipinski definition) is 1. The lowest BCUT2D eigenvalue weighted by molar-refractivity contribution is 0.146. The van der Waals surface area contributed by atoms with Gasteiger partial charge in [0.1, 0.15) is 9.84 Å². The fourth-order valence-electron chi connectivity index (χ4n) is 2.66. The Morgan fingerprint density at radius 2 is 2.05 bits per heavy atom. The monoisotopic (exact) mass is 290 g/mol. The quantitative estimate of drug-likeness (QED) is 0.656. The minimum absolute atomic E-state index is 0.272. The molecule has 1 rings (SSSR count). The van der Waals surface area contributed by atoms with Crippen LogP contribution in [0.15, 0.2) is 0 Å². The molecule has 1 fully saturated rings. The van der Waals surface area contributed by atoms with Gasteiger partial charge in [-0.2, -0.15) is 0 Å². The van der Waals surface area contributed by atoms with E-state index in [2.05, 4.69) is 17.1 Å². The largest absolute Gasteiger partial charge is 0.315 e. The Morgan fingerprint density at radius 1 is 1.26 bits per heavy atom. The predicted octanol–water partition coefficient (Wildman–Crippen LogP) is 1.67. The molecule has 0 spiro atoms. The van der Waals surface area contributed by atoms with Crippen molar-refractivity contribution >= 4 is 9.84 Å². The maximum Gasteiger partial charge on any atom is 0.150 e. The van der Waals surface area contributed by atoms with Crippen molar-refractivity contribution in [3.63, 3.8) is 0 Å². The molecular formula is C14H30N2O2S. The molecule has 1 atom stereocenters. The van der Waals surface area contributed by atoms with Gasteiger partial charge in [0, 0.05) is 18.3 Å². The van der Waals surface area contributed by atoms with Crippen molar-refractivity contribution in [3.8, 4) is 0 Å². The van der Waals surface area contributed by atoms with Crippen LogP contribution in [-0.4, -0.2) is 57.0 Å². The normalized spacial score (nSPS) is 21.7. The zero-order valence-corrected chi connectivity index (χ0v) is 13.3. The number of hydrogen-bond acceptors (Lipinski definition) is 4. The van der Waals surface area contributed by atoms with E-state index >= 15 is 0 Å². The van der Waals surface area contributed by atoms with Gasteiger partial charge in [-0.25, -0.2) is 8.42 Å². The molecule has 0 radical (unpaired) electrons. The summed E-state index contributed by atoms with van der Waals surface area (Å²) >= 11 is 0. The van der Waals surface area contributed by atoms with Crippen molar-refractivity contribution in [2.45, 2.75) is 52.0 Å². The highest BCUT2D eigenvalue weighted by atomic mass is 32.2. The molecule has 0 amide bonds. The van der Waals surface area contributed by atoms with Crippen molar-refractivity contribution in [1.82, 2.24) is 10.2 Å². The molecule has 5 heteroatoms. The van der Waals surface area contributed by atoms with Crippen LogP contribution in [0.5, 0.6) is 0 Å². The molecule has 1 aliphatic rings. The number of piperidine rings is 1. The molecule has 1 aliphatic heterocycles. The molecule has 114 valence electrons. The van der Waals surface area contributed by atoms with E-state index in [0.717, 1.165) is 32.6 Å². The van der Waals surface area contributed by atoms with Crippen LogP contribution in [0.2, 0.25) is 0 Å². The van der Waals surface area contributed by atoms with Gasteiger partial charge in [-0.1, -0.05) is 20.3 Å². The number of likely N-dealkylation sites (tertiary alicyclic amines) is 1. The van der Waals surface area contributed by atoms with Gasteiger partial charge in [-0.3, -0.25) is 4.90 Å². The Balaban J connectivity index is 2.31. The van der Waals surface area contributed by atoms with E-state index in [1.165, 1.54) is 25.7 Å². The highest BCUT2D eigenvalue weighted by Crippen LogP contribution is 2.16. The Kier molecular flexibility index (Phi) is 7.95. The fraction of sp³-hybridized carbons (Fsp3) is 1.00.